The summed E-state index contributed by atoms with van der Waals surface area (Å²) in [6.45, 7) is 1.85. The highest BCUT2D eigenvalue weighted by Gasteiger charge is 2.21. The van der Waals surface area contributed by atoms with Crippen LogP contribution < -0.4 is 0 Å². The quantitative estimate of drug-likeness (QED) is 0.634. The van der Waals surface area contributed by atoms with Crippen molar-refractivity contribution in [1.29, 1.82) is 0 Å². The standard InChI is InChI=1S/C14H14N2O4/c1-10(13-4-3-9-20-13)15(2)14(17)11-5-7-12(8-6-11)16(18)19/h3-10H,1-2H3. The third-order valence-corrected chi connectivity index (χ3v) is 3.18. The molecule has 1 heterocycles. The van der Waals surface area contributed by atoms with Gasteiger partial charge in [-0.05, 0) is 31.2 Å². The van der Waals surface area contributed by atoms with Gasteiger partial charge in [0.15, 0.2) is 0 Å². The van der Waals surface area contributed by atoms with Gasteiger partial charge >= 0.3 is 0 Å². The molecular formula is C14H14N2O4. The van der Waals surface area contributed by atoms with Gasteiger partial charge in [-0.2, -0.15) is 0 Å². The Bertz CT molecular complexity index is 605. The number of nitro benzene ring substituents is 1. The van der Waals surface area contributed by atoms with Gasteiger partial charge in [0.05, 0.1) is 17.2 Å². The number of furan rings is 1. The fourth-order valence-electron chi connectivity index (χ4n) is 1.83. The zero-order chi connectivity index (χ0) is 14.7. The van der Waals surface area contributed by atoms with Crippen LogP contribution in [0.4, 0.5) is 5.69 Å². The van der Waals surface area contributed by atoms with E-state index in [1.807, 2.05) is 6.92 Å². The second-order valence-electron chi connectivity index (χ2n) is 4.41. The van der Waals surface area contributed by atoms with E-state index in [4.69, 9.17) is 4.42 Å². The maximum absolute atomic E-state index is 12.3. The van der Waals surface area contributed by atoms with Crippen LogP contribution in [0.2, 0.25) is 0 Å². The van der Waals surface area contributed by atoms with Crippen LogP contribution in [0.25, 0.3) is 0 Å². The molecule has 0 aliphatic carbocycles. The zero-order valence-electron chi connectivity index (χ0n) is 11.1. The number of non-ortho nitro benzene ring substituents is 1. The van der Waals surface area contributed by atoms with Gasteiger partial charge in [-0.3, -0.25) is 14.9 Å². The average Bonchev–Trinajstić information content (AvgIpc) is 2.99. The minimum absolute atomic E-state index is 0.0386. The van der Waals surface area contributed by atoms with Crippen molar-refractivity contribution < 1.29 is 14.1 Å². The third-order valence-electron chi connectivity index (χ3n) is 3.18. The first kappa shape index (κ1) is 13.8. The molecule has 104 valence electrons. The summed E-state index contributed by atoms with van der Waals surface area (Å²) in [5, 5.41) is 10.6. The Balaban J connectivity index is 2.16. The molecule has 1 amide bonds. The molecule has 0 aliphatic rings. The molecule has 0 N–H and O–H groups in total. The first-order valence-electron chi connectivity index (χ1n) is 6.05. The maximum atomic E-state index is 12.3. The van der Waals surface area contributed by atoms with Crippen molar-refractivity contribution >= 4 is 11.6 Å². The Kier molecular flexibility index (Phi) is 3.84. The summed E-state index contributed by atoms with van der Waals surface area (Å²) in [7, 11) is 1.66. The summed E-state index contributed by atoms with van der Waals surface area (Å²) < 4.78 is 5.27. The van der Waals surface area contributed by atoms with E-state index in [-0.39, 0.29) is 17.6 Å². The molecule has 1 aromatic carbocycles. The molecule has 0 saturated carbocycles. The number of nitrogens with zero attached hydrogens (tertiary/aromatic N) is 2. The molecule has 0 radical (unpaired) electrons. The molecule has 0 aliphatic heterocycles. The summed E-state index contributed by atoms with van der Waals surface area (Å²) >= 11 is 0. The lowest BCUT2D eigenvalue weighted by Crippen LogP contribution is -2.29. The van der Waals surface area contributed by atoms with E-state index in [0.29, 0.717) is 11.3 Å². The van der Waals surface area contributed by atoms with Gasteiger partial charge in [0, 0.05) is 24.7 Å². The second-order valence-corrected chi connectivity index (χ2v) is 4.41. The van der Waals surface area contributed by atoms with Gasteiger partial charge in [0.25, 0.3) is 11.6 Å². The van der Waals surface area contributed by atoms with Crippen molar-refractivity contribution in [1.82, 2.24) is 4.90 Å². The average molecular weight is 274 g/mol. The maximum Gasteiger partial charge on any atom is 0.269 e. The van der Waals surface area contributed by atoms with Crippen molar-refractivity contribution in [3.63, 3.8) is 0 Å². The topological polar surface area (TPSA) is 76.6 Å². The molecular weight excluding hydrogens is 260 g/mol. The molecule has 1 atom stereocenters. The van der Waals surface area contributed by atoms with Crippen LogP contribution in [-0.2, 0) is 0 Å². The number of carbonyl (C=O) groups is 1. The van der Waals surface area contributed by atoms with Gasteiger partial charge in [0.2, 0.25) is 0 Å². The van der Waals surface area contributed by atoms with E-state index in [0.717, 1.165) is 0 Å². The number of hydrogen-bond donors (Lipinski definition) is 0. The minimum Gasteiger partial charge on any atom is -0.467 e. The summed E-state index contributed by atoms with van der Waals surface area (Å²) in [6.07, 6.45) is 1.55. The Hall–Kier alpha value is -2.63. The van der Waals surface area contributed by atoms with Crippen LogP contribution in [0.3, 0.4) is 0 Å². The highest BCUT2D eigenvalue weighted by Crippen LogP contribution is 2.21. The molecule has 0 bridgehead atoms. The largest absolute Gasteiger partial charge is 0.467 e. The van der Waals surface area contributed by atoms with Crippen molar-refractivity contribution in [2.24, 2.45) is 0 Å². The van der Waals surface area contributed by atoms with Crippen LogP contribution in [0.15, 0.2) is 47.1 Å². The predicted octanol–water partition coefficient (Wildman–Crippen LogP) is 3.02. The number of rotatable bonds is 4. The van der Waals surface area contributed by atoms with Crippen LogP contribution in [0.1, 0.15) is 29.1 Å². The molecule has 0 spiro atoms. The van der Waals surface area contributed by atoms with E-state index in [9.17, 15) is 14.9 Å². The summed E-state index contributed by atoms with van der Waals surface area (Å²) in [5.74, 6) is 0.464. The van der Waals surface area contributed by atoms with E-state index in [2.05, 4.69) is 0 Å². The number of hydrogen-bond acceptors (Lipinski definition) is 4. The number of benzene rings is 1. The SMILES string of the molecule is CC(c1ccco1)N(C)C(=O)c1ccc([N+](=O)[O-])cc1. The van der Waals surface area contributed by atoms with Gasteiger partial charge < -0.3 is 9.32 Å². The zero-order valence-corrected chi connectivity index (χ0v) is 11.1. The van der Waals surface area contributed by atoms with E-state index >= 15 is 0 Å². The van der Waals surface area contributed by atoms with Crippen LogP contribution in [0, 0.1) is 10.1 Å². The lowest BCUT2D eigenvalue weighted by molar-refractivity contribution is -0.384. The van der Waals surface area contributed by atoms with E-state index < -0.39 is 4.92 Å². The summed E-state index contributed by atoms with van der Waals surface area (Å²) in [4.78, 5) is 23.9. The Morgan fingerprint density at radius 1 is 1.30 bits per heavy atom. The minimum atomic E-state index is -0.497. The van der Waals surface area contributed by atoms with Crippen molar-refractivity contribution in [3.05, 3.63) is 64.1 Å². The normalized spacial score (nSPS) is 11.9. The van der Waals surface area contributed by atoms with Crippen molar-refractivity contribution in [2.45, 2.75) is 13.0 Å². The van der Waals surface area contributed by atoms with E-state index in [1.165, 1.54) is 29.2 Å². The lowest BCUT2D eigenvalue weighted by Gasteiger charge is -2.23. The molecule has 1 unspecified atom stereocenters. The third kappa shape index (κ3) is 2.69. The number of carbonyl (C=O) groups excluding carboxylic acids is 1. The Labute approximate surface area is 115 Å². The summed E-state index contributed by atoms with van der Waals surface area (Å²) in [5.41, 5.74) is 0.361. The van der Waals surface area contributed by atoms with Gasteiger partial charge in [-0.1, -0.05) is 0 Å². The van der Waals surface area contributed by atoms with Crippen LogP contribution >= 0.6 is 0 Å². The molecule has 1 aromatic heterocycles. The molecule has 2 rings (SSSR count). The van der Waals surface area contributed by atoms with Gasteiger partial charge in [-0.25, -0.2) is 0 Å². The molecule has 6 nitrogen and oxygen atoms in total. The first-order chi connectivity index (χ1) is 9.50. The highest BCUT2D eigenvalue weighted by atomic mass is 16.6. The number of amides is 1. The molecule has 0 fully saturated rings. The summed E-state index contributed by atoms with van der Waals surface area (Å²) in [6, 6.07) is 8.88. The molecule has 2 aromatic rings. The van der Waals surface area contributed by atoms with Gasteiger partial charge in [-0.15, -0.1) is 0 Å². The van der Waals surface area contributed by atoms with Crippen molar-refractivity contribution in [3.8, 4) is 0 Å². The fraction of sp³-hybridized carbons (Fsp3) is 0.214. The van der Waals surface area contributed by atoms with Crippen molar-refractivity contribution in [2.75, 3.05) is 7.05 Å². The molecule has 0 saturated heterocycles. The second kappa shape index (κ2) is 5.56. The first-order valence-corrected chi connectivity index (χ1v) is 6.05. The Morgan fingerprint density at radius 2 is 1.95 bits per heavy atom. The highest BCUT2D eigenvalue weighted by molar-refractivity contribution is 5.94. The van der Waals surface area contributed by atoms with E-state index in [1.54, 1.807) is 25.4 Å². The number of nitro groups is 1. The molecule has 20 heavy (non-hydrogen) atoms. The van der Waals surface area contributed by atoms with Crippen LogP contribution in [-0.4, -0.2) is 22.8 Å². The smallest absolute Gasteiger partial charge is 0.269 e. The predicted molar refractivity (Wildman–Crippen MR) is 72.3 cm³/mol. The Morgan fingerprint density at radius 3 is 2.45 bits per heavy atom. The lowest BCUT2D eigenvalue weighted by atomic mass is 10.1. The molecule has 6 heteroatoms. The van der Waals surface area contributed by atoms with Crippen LogP contribution in [0.5, 0.6) is 0 Å². The fourth-order valence-corrected chi connectivity index (χ4v) is 1.83. The van der Waals surface area contributed by atoms with Gasteiger partial charge in [0.1, 0.15) is 5.76 Å². The monoisotopic (exact) mass is 274 g/mol.